The van der Waals surface area contributed by atoms with Gasteiger partial charge in [-0.15, -0.1) is 0 Å². The van der Waals surface area contributed by atoms with Gasteiger partial charge in [-0.05, 0) is 45.7 Å². The second kappa shape index (κ2) is 7.46. The van der Waals surface area contributed by atoms with E-state index < -0.39 is 0 Å². The second-order valence-electron chi connectivity index (χ2n) is 6.39. The van der Waals surface area contributed by atoms with Crippen LogP contribution < -0.4 is 5.32 Å². The van der Waals surface area contributed by atoms with Crippen LogP contribution in [0.3, 0.4) is 0 Å². The topological polar surface area (TPSA) is 35.5 Å². The minimum absolute atomic E-state index is 0.165. The summed E-state index contributed by atoms with van der Waals surface area (Å²) < 4.78 is 0. The van der Waals surface area contributed by atoms with Crippen LogP contribution in [-0.4, -0.2) is 48.3 Å². The van der Waals surface area contributed by atoms with Crippen molar-refractivity contribution in [3.05, 3.63) is 0 Å². The highest BCUT2D eigenvalue weighted by Crippen LogP contribution is 2.28. The quantitative estimate of drug-likeness (QED) is 0.733. The van der Waals surface area contributed by atoms with E-state index in [1.54, 1.807) is 0 Å². The lowest BCUT2D eigenvalue weighted by Gasteiger charge is -2.41. The minimum atomic E-state index is -0.165. The van der Waals surface area contributed by atoms with Gasteiger partial charge in [0.2, 0.25) is 0 Å². The molecule has 108 valence electrons. The summed E-state index contributed by atoms with van der Waals surface area (Å²) in [5, 5.41) is 13.1. The lowest BCUT2D eigenvalue weighted by Crippen LogP contribution is -2.56. The molecule has 0 spiro atoms. The summed E-state index contributed by atoms with van der Waals surface area (Å²) in [4.78, 5) is 2.46. The number of nitrogens with one attached hydrogen (secondary N) is 1. The van der Waals surface area contributed by atoms with Crippen molar-refractivity contribution in [1.29, 1.82) is 0 Å². The Hall–Kier alpha value is -0.120. The number of nitrogens with zero attached hydrogens (tertiary/aromatic N) is 1. The third-order valence-corrected chi connectivity index (χ3v) is 4.38. The molecule has 0 aliphatic heterocycles. The summed E-state index contributed by atoms with van der Waals surface area (Å²) in [6.45, 7) is 8.78. The van der Waals surface area contributed by atoms with Gasteiger partial charge in [-0.2, -0.15) is 0 Å². The lowest BCUT2D eigenvalue weighted by atomic mass is 9.84. The Bertz CT molecular complexity index is 235. The van der Waals surface area contributed by atoms with Crippen molar-refractivity contribution < 1.29 is 5.11 Å². The highest BCUT2D eigenvalue weighted by Gasteiger charge is 2.30. The first-order chi connectivity index (χ1) is 8.52. The van der Waals surface area contributed by atoms with Gasteiger partial charge >= 0.3 is 0 Å². The number of likely N-dealkylation sites (N-methyl/N-ethyl adjacent to an activating group) is 1. The van der Waals surface area contributed by atoms with Crippen LogP contribution in [0.15, 0.2) is 0 Å². The summed E-state index contributed by atoms with van der Waals surface area (Å²) >= 11 is 0. The van der Waals surface area contributed by atoms with Crippen LogP contribution in [0.4, 0.5) is 0 Å². The third-order valence-electron chi connectivity index (χ3n) is 4.38. The maximum atomic E-state index is 9.64. The van der Waals surface area contributed by atoms with E-state index in [2.05, 4.69) is 38.0 Å². The molecule has 0 aromatic heterocycles. The maximum absolute atomic E-state index is 9.64. The molecular weight excluding hydrogens is 224 g/mol. The first-order valence-corrected chi connectivity index (χ1v) is 7.58. The van der Waals surface area contributed by atoms with E-state index in [4.69, 9.17) is 0 Å². The van der Waals surface area contributed by atoms with Crippen molar-refractivity contribution in [2.24, 2.45) is 5.92 Å². The van der Waals surface area contributed by atoms with E-state index in [0.29, 0.717) is 6.04 Å². The van der Waals surface area contributed by atoms with E-state index in [1.807, 2.05) is 0 Å². The Labute approximate surface area is 113 Å². The molecule has 18 heavy (non-hydrogen) atoms. The smallest absolute Gasteiger partial charge is 0.0623 e. The first kappa shape index (κ1) is 15.9. The highest BCUT2D eigenvalue weighted by atomic mass is 16.3. The molecule has 0 saturated heterocycles. The molecule has 3 nitrogen and oxygen atoms in total. The summed E-state index contributed by atoms with van der Waals surface area (Å²) in [7, 11) is 2.22. The number of aliphatic hydroxyl groups excluding tert-OH is 1. The zero-order valence-electron chi connectivity index (χ0n) is 12.7. The fourth-order valence-electron chi connectivity index (χ4n) is 3.21. The zero-order valence-corrected chi connectivity index (χ0v) is 12.7. The monoisotopic (exact) mass is 256 g/mol. The molecule has 0 aromatic rings. The Balaban J connectivity index is 2.51. The van der Waals surface area contributed by atoms with E-state index in [9.17, 15) is 5.11 Å². The Morgan fingerprint density at radius 3 is 2.56 bits per heavy atom. The van der Waals surface area contributed by atoms with Crippen LogP contribution >= 0.6 is 0 Å². The van der Waals surface area contributed by atoms with Crippen molar-refractivity contribution in [1.82, 2.24) is 10.2 Å². The normalized spacial score (nSPS) is 28.3. The van der Waals surface area contributed by atoms with Gasteiger partial charge < -0.3 is 15.3 Å². The summed E-state index contributed by atoms with van der Waals surface area (Å²) in [6.07, 6.45) is 6.52. The summed E-state index contributed by atoms with van der Waals surface area (Å²) in [5.41, 5.74) is -0.165. The number of rotatable bonds is 7. The average Bonchev–Trinajstić information content (AvgIpc) is 2.37. The van der Waals surface area contributed by atoms with Crippen LogP contribution in [0.1, 0.15) is 52.9 Å². The predicted molar refractivity (Wildman–Crippen MR) is 77.8 cm³/mol. The van der Waals surface area contributed by atoms with Gasteiger partial charge in [0.1, 0.15) is 0 Å². The third kappa shape index (κ3) is 4.52. The van der Waals surface area contributed by atoms with Crippen LogP contribution in [0.5, 0.6) is 0 Å². The molecule has 1 aliphatic carbocycles. The van der Waals surface area contributed by atoms with E-state index >= 15 is 0 Å². The number of aliphatic hydroxyl groups is 1. The van der Waals surface area contributed by atoms with Gasteiger partial charge in [-0.1, -0.05) is 26.7 Å². The molecule has 1 fully saturated rings. The molecule has 0 amide bonds. The zero-order chi connectivity index (χ0) is 13.6. The maximum Gasteiger partial charge on any atom is 0.0623 e. The molecule has 1 aliphatic rings. The molecular formula is C15H32N2O. The first-order valence-electron chi connectivity index (χ1n) is 7.58. The SMILES string of the molecule is CCCNC(C)(CO)CN(C)C1CCCCC1C. The standard InChI is InChI=1S/C15H32N2O/c1-5-10-16-15(3,12-18)11-17(4)14-9-7-6-8-13(14)2/h13-14,16,18H,5-12H2,1-4H3. The van der Waals surface area contributed by atoms with E-state index in [-0.39, 0.29) is 12.1 Å². The van der Waals surface area contributed by atoms with Crippen molar-refractivity contribution in [2.45, 2.75) is 64.5 Å². The van der Waals surface area contributed by atoms with Gasteiger partial charge in [0.25, 0.3) is 0 Å². The van der Waals surface area contributed by atoms with Gasteiger partial charge in [0.15, 0.2) is 0 Å². The summed E-state index contributed by atoms with van der Waals surface area (Å²) in [6, 6.07) is 0.688. The average molecular weight is 256 g/mol. The highest BCUT2D eigenvalue weighted by molar-refractivity contribution is 4.89. The Morgan fingerprint density at radius 2 is 2.00 bits per heavy atom. The molecule has 0 radical (unpaired) electrons. The van der Waals surface area contributed by atoms with Crippen molar-refractivity contribution in [3.63, 3.8) is 0 Å². The van der Waals surface area contributed by atoms with Crippen LogP contribution in [0, 0.1) is 5.92 Å². The molecule has 2 N–H and O–H groups in total. The van der Waals surface area contributed by atoms with Crippen molar-refractivity contribution >= 4 is 0 Å². The largest absolute Gasteiger partial charge is 0.394 e. The fraction of sp³-hybridized carbons (Fsp3) is 1.00. The van der Waals surface area contributed by atoms with Gasteiger partial charge in [0.05, 0.1) is 12.1 Å². The Morgan fingerprint density at radius 1 is 1.33 bits per heavy atom. The fourth-order valence-corrected chi connectivity index (χ4v) is 3.21. The number of hydrogen-bond donors (Lipinski definition) is 2. The molecule has 3 unspecified atom stereocenters. The molecule has 0 heterocycles. The predicted octanol–water partition coefficient (Wildman–Crippen LogP) is 2.25. The molecule has 0 bridgehead atoms. The van der Waals surface area contributed by atoms with Crippen molar-refractivity contribution in [2.75, 3.05) is 26.7 Å². The van der Waals surface area contributed by atoms with Gasteiger partial charge in [-0.25, -0.2) is 0 Å². The second-order valence-corrected chi connectivity index (χ2v) is 6.39. The number of hydrogen-bond acceptors (Lipinski definition) is 3. The molecule has 1 rings (SSSR count). The Kier molecular flexibility index (Phi) is 6.61. The minimum Gasteiger partial charge on any atom is -0.394 e. The van der Waals surface area contributed by atoms with Crippen LogP contribution in [0.25, 0.3) is 0 Å². The van der Waals surface area contributed by atoms with Gasteiger partial charge in [-0.3, -0.25) is 0 Å². The van der Waals surface area contributed by atoms with E-state index in [0.717, 1.165) is 25.4 Å². The molecule has 3 atom stereocenters. The molecule has 0 aromatic carbocycles. The van der Waals surface area contributed by atoms with Crippen LogP contribution in [-0.2, 0) is 0 Å². The van der Waals surface area contributed by atoms with Gasteiger partial charge in [0, 0.05) is 12.6 Å². The van der Waals surface area contributed by atoms with Crippen LogP contribution in [0.2, 0.25) is 0 Å². The molecule has 3 heteroatoms. The van der Waals surface area contributed by atoms with E-state index in [1.165, 1.54) is 25.7 Å². The lowest BCUT2D eigenvalue weighted by molar-refractivity contribution is 0.0775. The molecule has 1 saturated carbocycles. The summed E-state index contributed by atoms with van der Waals surface area (Å²) in [5.74, 6) is 0.790. The van der Waals surface area contributed by atoms with Crippen molar-refractivity contribution in [3.8, 4) is 0 Å².